The fourth-order valence-corrected chi connectivity index (χ4v) is 4.39. The lowest BCUT2D eigenvalue weighted by atomic mass is 9.70. The van der Waals surface area contributed by atoms with E-state index in [1.165, 1.54) is 51.5 Å². The summed E-state index contributed by atoms with van der Waals surface area (Å²) in [6.07, 6.45) is 9.84. The molecule has 0 radical (unpaired) electrons. The summed E-state index contributed by atoms with van der Waals surface area (Å²) in [6, 6.07) is 2.21. The van der Waals surface area contributed by atoms with Crippen LogP contribution in [0.5, 0.6) is 0 Å². The maximum Gasteiger partial charge on any atom is 0.0274 e. The number of likely N-dealkylation sites (N-methyl/N-ethyl adjacent to an activating group) is 1. The van der Waals surface area contributed by atoms with Crippen molar-refractivity contribution in [2.24, 2.45) is 5.41 Å². The maximum absolute atomic E-state index is 3.82. The second kappa shape index (κ2) is 6.58. The minimum Gasteiger partial charge on any atom is -0.312 e. The first-order chi connectivity index (χ1) is 9.06. The smallest absolute Gasteiger partial charge is 0.0274 e. The molecule has 1 saturated heterocycles. The molecule has 2 nitrogen and oxygen atoms in total. The predicted molar refractivity (Wildman–Crippen MR) is 83.5 cm³/mol. The molecule has 112 valence electrons. The van der Waals surface area contributed by atoms with Crippen LogP contribution in [0.2, 0.25) is 0 Å². The van der Waals surface area contributed by atoms with Gasteiger partial charge in [-0.15, -0.1) is 0 Å². The molecule has 0 spiro atoms. The molecule has 0 bridgehead atoms. The third kappa shape index (κ3) is 3.52. The van der Waals surface area contributed by atoms with Crippen LogP contribution in [-0.2, 0) is 0 Å². The zero-order valence-corrected chi connectivity index (χ0v) is 13.5. The molecule has 1 saturated carbocycles. The van der Waals surface area contributed by atoms with Crippen molar-refractivity contribution in [2.75, 3.05) is 13.1 Å². The Hall–Kier alpha value is -0.0800. The SMILES string of the molecule is CCNC1C(N2CCCCCC2C)CCCC1(C)C. The first kappa shape index (κ1) is 15.3. The minimum absolute atomic E-state index is 0.449. The molecule has 2 rings (SSSR count). The standard InChI is InChI=1S/C17H34N2/c1-5-18-16-15(11-9-12-17(16,3)4)19-13-8-6-7-10-14(19)2/h14-16,18H,5-13H2,1-4H3. The molecule has 2 fully saturated rings. The summed E-state index contributed by atoms with van der Waals surface area (Å²) in [5.74, 6) is 0. The molecule has 2 heteroatoms. The first-order valence-corrected chi connectivity index (χ1v) is 8.55. The molecule has 1 N–H and O–H groups in total. The second-order valence-electron chi connectivity index (χ2n) is 7.42. The van der Waals surface area contributed by atoms with Gasteiger partial charge in [0.15, 0.2) is 0 Å². The molecule has 0 aromatic rings. The van der Waals surface area contributed by atoms with E-state index in [2.05, 4.69) is 37.9 Å². The van der Waals surface area contributed by atoms with Gasteiger partial charge in [-0.05, 0) is 51.1 Å². The van der Waals surface area contributed by atoms with E-state index in [0.717, 1.165) is 18.6 Å². The van der Waals surface area contributed by atoms with Crippen LogP contribution in [0.25, 0.3) is 0 Å². The van der Waals surface area contributed by atoms with Crippen LogP contribution in [0.15, 0.2) is 0 Å². The maximum atomic E-state index is 3.82. The quantitative estimate of drug-likeness (QED) is 0.835. The third-order valence-corrected chi connectivity index (χ3v) is 5.50. The molecule has 1 aliphatic heterocycles. The number of nitrogens with one attached hydrogen (secondary N) is 1. The predicted octanol–water partition coefficient (Wildman–Crippen LogP) is 3.81. The van der Waals surface area contributed by atoms with Crippen LogP contribution < -0.4 is 5.32 Å². The van der Waals surface area contributed by atoms with Gasteiger partial charge < -0.3 is 5.32 Å². The Bertz CT molecular complexity index is 274. The Labute approximate surface area is 120 Å². The summed E-state index contributed by atoms with van der Waals surface area (Å²) in [6.45, 7) is 12.1. The molecule has 0 aromatic heterocycles. The number of nitrogens with zero attached hydrogens (tertiary/aromatic N) is 1. The Balaban J connectivity index is 2.14. The van der Waals surface area contributed by atoms with E-state index < -0.39 is 0 Å². The van der Waals surface area contributed by atoms with E-state index >= 15 is 0 Å². The molecule has 2 aliphatic rings. The first-order valence-electron chi connectivity index (χ1n) is 8.55. The van der Waals surface area contributed by atoms with Crippen molar-refractivity contribution in [1.82, 2.24) is 10.2 Å². The molecule has 3 unspecified atom stereocenters. The summed E-state index contributed by atoms with van der Waals surface area (Å²) in [5.41, 5.74) is 0.449. The van der Waals surface area contributed by atoms with Crippen molar-refractivity contribution in [3.8, 4) is 0 Å². The van der Waals surface area contributed by atoms with E-state index in [4.69, 9.17) is 0 Å². The highest BCUT2D eigenvalue weighted by molar-refractivity contribution is 4.99. The van der Waals surface area contributed by atoms with Gasteiger partial charge in [0, 0.05) is 18.1 Å². The Morgan fingerprint density at radius 3 is 2.63 bits per heavy atom. The van der Waals surface area contributed by atoms with E-state index in [1.807, 2.05) is 0 Å². The fraction of sp³-hybridized carbons (Fsp3) is 1.00. The zero-order valence-electron chi connectivity index (χ0n) is 13.5. The van der Waals surface area contributed by atoms with Gasteiger partial charge in [0.25, 0.3) is 0 Å². The highest BCUT2D eigenvalue weighted by atomic mass is 15.2. The van der Waals surface area contributed by atoms with Crippen molar-refractivity contribution in [2.45, 2.75) is 90.8 Å². The van der Waals surface area contributed by atoms with Gasteiger partial charge in [0.05, 0.1) is 0 Å². The summed E-state index contributed by atoms with van der Waals surface area (Å²) >= 11 is 0. The molecule has 3 atom stereocenters. The van der Waals surface area contributed by atoms with Crippen LogP contribution in [0.4, 0.5) is 0 Å². The molecular weight excluding hydrogens is 232 g/mol. The van der Waals surface area contributed by atoms with Gasteiger partial charge in [0.2, 0.25) is 0 Å². The fourth-order valence-electron chi connectivity index (χ4n) is 4.39. The van der Waals surface area contributed by atoms with Crippen LogP contribution in [0, 0.1) is 5.41 Å². The monoisotopic (exact) mass is 266 g/mol. The van der Waals surface area contributed by atoms with E-state index in [-0.39, 0.29) is 0 Å². The second-order valence-corrected chi connectivity index (χ2v) is 7.42. The highest BCUT2D eigenvalue weighted by Crippen LogP contribution is 2.39. The number of hydrogen-bond donors (Lipinski definition) is 1. The van der Waals surface area contributed by atoms with Crippen molar-refractivity contribution < 1.29 is 0 Å². The number of rotatable bonds is 3. The van der Waals surface area contributed by atoms with E-state index in [9.17, 15) is 0 Å². The Kier molecular flexibility index (Phi) is 5.30. The van der Waals surface area contributed by atoms with Crippen molar-refractivity contribution in [3.63, 3.8) is 0 Å². The van der Waals surface area contributed by atoms with Crippen LogP contribution >= 0.6 is 0 Å². The zero-order chi connectivity index (χ0) is 13.9. The normalized spacial score (nSPS) is 36.9. The molecule has 1 heterocycles. The largest absolute Gasteiger partial charge is 0.312 e. The van der Waals surface area contributed by atoms with Crippen molar-refractivity contribution >= 4 is 0 Å². The van der Waals surface area contributed by atoms with Gasteiger partial charge >= 0.3 is 0 Å². The third-order valence-electron chi connectivity index (χ3n) is 5.50. The van der Waals surface area contributed by atoms with Crippen LogP contribution in [-0.4, -0.2) is 36.1 Å². The van der Waals surface area contributed by atoms with E-state index in [1.54, 1.807) is 0 Å². The topological polar surface area (TPSA) is 15.3 Å². The van der Waals surface area contributed by atoms with Gasteiger partial charge in [0.1, 0.15) is 0 Å². The van der Waals surface area contributed by atoms with Gasteiger partial charge in [-0.2, -0.15) is 0 Å². The summed E-state index contributed by atoms with van der Waals surface area (Å²) in [4.78, 5) is 2.85. The molecule has 19 heavy (non-hydrogen) atoms. The van der Waals surface area contributed by atoms with Gasteiger partial charge in [-0.25, -0.2) is 0 Å². The summed E-state index contributed by atoms with van der Waals surface area (Å²) < 4.78 is 0. The van der Waals surface area contributed by atoms with E-state index in [0.29, 0.717) is 11.5 Å². The average molecular weight is 266 g/mol. The van der Waals surface area contributed by atoms with Crippen LogP contribution in [0.1, 0.15) is 72.6 Å². The number of likely N-dealkylation sites (tertiary alicyclic amines) is 1. The minimum atomic E-state index is 0.449. The summed E-state index contributed by atoms with van der Waals surface area (Å²) in [5, 5.41) is 3.82. The Morgan fingerprint density at radius 1 is 1.11 bits per heavy atom. The lowest BCUT2D eigenvalue weighted by Crippen LogP contribution is -2.60. The highest BCUT2D eigenvalue weighted by Gasteiger charge is 2.42. The van der Waals surface area contributed by atoms with Crippen LogP contribution in [0.3, 0.4) is 0 Å². The van der Waals surface area contributed by atoms with Crippen molar-refractivity contribution in [3.05, 3.63) is 0 Å². The summed E-state index contributed by atoms with van der Waals surface area (Å²) in [7, 11) is 0. The number of hydrogen-bond acceptors (Lipinski definition) is 2. The Morgan fingerprint density at radius 2 is 1.89 bits per heavy atom. The molecular formula is C17H34N2. The lowest BCUT2D eigenvalue weighted by Gasteiger charge is -2.50. The van der Waals surface area contributed by atoms with Gasteiger partial charge in [-0.3, -0.25) is 4.90 Å². The molecule has 1 aliphatic carbocycles. The average Bonchev–Trinajstić information content (AvgIpc) is 2.56. The van der Waals surface area contributed by atoms with Gasteiger partial charge in [-0.1, -0.05) is 40.0 Å². The lowest BCUT2D eigenvalue weighted by molar-refractivity contribution is 0.0292. The van der Waals surface area contributed by atoms with Crippen molar-refractivity contribution in [1.29, 1.82) is 0 Å². The molecule has 0 aromatic carbocycles. The molecule has 0 amide bonds.